The van der Waals surface area contributed by atoms with Gasteiger partial charge < -0.3 is 4.90 Å². The van der Waals surface area contributed by atoms with E-state index in [9.17, 15) is 0 Å². The third kappa shape index (κ3) is 5.83. The Hall–Kier alpha value is -7.14. The van der Waals surface area contributed by atoms with Crippen molar-refractivity contribution in [3.8, 4) is 11.1 Å². The summed E-state index contributed by atoms with van der Waals surface area (Å²) in [4.78, 5) is 2.28. The van der Waals surface area contributed by atoms with Gasteiger partial charge in [0.1, 0.15) is 0 Å². The Bertz CT molecular complexity index is 3010. The van der Waals surface area contributed by atoms with Gasteiger partial charge >= 0.3 is 0 Å². The highest BCUT2D eigenvalue weighted by Gasteiger charge is 2.22. The third-order valence-electron chi connectivity index (χ3n) is 10.1. The standard InChI is InChI=1S/C52H35N/c1-36(43-27-15-20-39-17-5-7-21-44(39)43)30-31-37(2)53(51-28-13-11-23-46(51)42-33-32-38-16-3-4-18-40(38)34-42)52-29-14-12-26-49(52)50-35-41-19-6-8-22-45(41)47-24-9-10-25-48(47)50/h3-31,34-35H,1-2H2/b31-30-. The number of fused-ring (bicyclic) bond motifs is 5. The first-order valence-corrected chi connectivity index (χ1v) is 17.9. The minimum atomic E-state index is 0.807. The number of allylic oxidation sites excluding steroid dienone is 4. The minimum absolute atomic E-state index is 0.807. The van der Waals surface area contributed by atoms with Crippen molar-refractivity contribution in [1.82, 2.24) is 0 Å². The van der Waals surface area contributed by atoms with Crippen molar-refractivity contribution in [2.75, 3.05) is 4.90 Å². The lowest BCUT2D eigenvalue weighted by Crippen LogP contribution is -2.24. The van der Waals surface area contributed by atoms with Crippen LogP contribution < -0.4 is 15.3 Å². The molecule has 0 unspecified atom stereocenters. The number of para-hydroxylation sites is 2. The number of rotatable bonds is 8. The van der Waals surface area contributed by atoms with Crippen molar-refractivity contribution in [2.24, 2.45) is 0 Å². The lowest BCUT2D eigenvalue weighted by Gasteiger charge is -2.30. The Labute approximate surface area is 309 Å². The molecule has 0 radical (unpaired) electrons. The largest absolute Gasteiger partial charge is 0.310 e. The van der Waals surface area contributed by atoms with Gasteiger partial charge in [0.2, 0.25) is 0 Å². The molecule has 0 heterocycles. The molecule has 0 aromatic heterocycles. The number of hydrogen-bond donors (Lipinski definition) is 0. The molecule has 1 nitrogen and oxygen atoms in total. The van der Waals surface area contributed by atoms with E-state index in [1.54, 1.807) is 0 Å². The second-order valence-electron chi connectivity index (χ2n) is 13.3. The number of benzene rings is 8. The van der Waals surface area contributed by atoms with E-state index in [2.05, 4.69) is 205 Å². The zero-order chi connectivity index (χ0) is 35.7. The first-order chi connectivity index (χ1) is 26.1. The van der Waals surface area contributed by atoms with Crippen molar-refractivity contribution in [1.29, 1.82) is 0 Å². The Balaban J connectivity index is 1.25. The summed E-state index contributed by atoms with van der Waals surface area (Å²) < 4.78 is 0. The lowest BCUT2D eigenvalue weighted by atomic mass is 9.91. The molecule has 0 N–H and O–H groups in total. The van der Waals surface area contributed by atoms with Crippen LogP contribution in [0.25, 0.3) is 66.4 Å². The second kappa shape index (κ2) is 13.5. The van der Waals surface area contributed by atoms with Gasteiger partial charge in [0, 0.05) is 27.6 Å². The van der Waals surface area contributed by atoms with Crippen LogP contribution in [0.5, 0.6) is 0 Å². The average Bonchev–Trinajstić information content (AvgIpc) is 3.22. The van der Waals surface area contributed by atoms with Crippen LogP contribution in [0.1, 0.15) is 11.1 Å². The maximum Gasteiger partial charge on any atom is 0.0546 e. The monoisotopic (exact) mass is 673 g/mol. The molecular weight excluding hydrogens is 639 g/mol. The normalized spacial score (nSPS) is 12.0. The van der Waals surface area contributed by atoms with Crippen molar-refractivity contribution >= 4 is 66.6 Å². The van der Waals surface area contributed by atoms with E-state index in [1.807, 2.05) is 6.07 Å². The molecular formula is C52H35N. The highest BCUT2D eigenvalue weighted by atomic mass is 15.1. The quantitative estimate of drug-likeness (QED) is 0.0881. The lowest BCUT2D eigenvalue weighted by molar-refractivity contribution is 1.21. The molecule has 0 atom stereocenters. The fourth-order valence-electron chi connectivity index (χ4n) is 7.58. The zero-order valence-corrected chi connectivity index (χ0v) is 29.3. The third-order valence-corrected chi connectivity index (χ3v) is 10.1. The fourth-order valence-corrected chi connectivity index (χ4v) is 7.58. The van der Waals surface area contributed by atoms with Crippen LogP contribution in [0.3, 0.4) is 0 Å². The number of anilines is 2. The van der Waals surface area contributed by atoms with Gasteiger partial charge in [0.15, 0.2) is 0 Å². The molecule has 248 valence electrons. The number of nitrogens with zero attached hydrogens (tertiary/aromatic N) is 1. The molecule has 0 bridgehead atoms. The number of hydrogen-bond acceptors (Lipinski definition) is 1. The maximum absolute atomic E-state index is 4.75. The highest BCUT2D eigenvalue weighted by molar-refractivity contribution is 6.15. The van der Waals surface area contributed by atoms with Crippen molar-refractivity contribution < 1.29 is 0 Å². The summed E-state index contributed by atoms with van der Waals surface area (Å²) in [6.45, 7) is 9.27. The van der Waals surface area contributed by atoms with Crippen LogP contribution in [0.2, 0.25) is 0 Å². The molecule has 1 heteroatoms. The summed E-state index contributed by atoms with van der Waals surface area (Å²) >= 11 is 0. The molecule has 0 saturated carbocycles. The SMILES string of the molecule is C=C(/C=C\C(=C)N(c1ccccc1C1=C=C=c2ccccc2=C1)c1ccccc1-c1cc2ccccc2c2ccccc12)c1cccc2ccccc12. The molecule has 0 spiro atoms. The Morgan fingerprint density at radius 2 is 1.08 bits per heavy atom. The Morgan fingerprint density at radius 1 is 0.472 bits per heavy atom. The molecule has 0 saturated heterocycles. The van der Waals surface area contributed by atoms with Crippen LogP contribution in [-0.4, -0.2) is 0 Å². The smallest absolute Gasteiger partial charge is 0.0546 e. The van der Waals surface area contributed by atoms with E-state index in [0.717, 1.165) is 55.3 Å². The molecule has 9 rings (SSSR count). The first kappa shape index (κ1) is 31.8. The van der Waals surface area contributed by atoms with Gasteiger partial charge in [-0.2, -0.15) is 0 Å². The van der Waals surface area contributed by atoms with Gasteiger partial charge in [-0.25, -0.2) is 0 Å². The van der Waals surface area contributed by atoms with Gasteiger partial charge in [-0.15, -0.1) is 0 Å². The van der Waals surface area contributed by atoms with Gasteiger partial charge in [-0.1, -0.05) is 176 Å². The van der Waals surface area contributed by atoms with Crippen LogP contribution in [0.15, 0.2) is 207 Å². The van der Waals surface area contributed by atoms with Crippen molar-refractivity contribution in [2.45, 2.75) is 0 Å². The van der Waals surface area contributed by atoms with E-state index < -0.39 is 0 Å². The van der Waals surface area contributed by atoms with E-state index >= 15 is 0 Å². The van der Waals surface area contributed by atoms with Crippen molar-refractivity contribution in [3.05, 3.63) is 228 Å². The van der Waals surface area contributed by atoms with Gasteiger partial charge in [0.25, 0.3) is 0 Å². The first-order valence-electron chi connectivity index (χ1n) is 17.9. The summed E-state index contributed by atoms with van der Waals surface area (Å²) in [6.07, 6.45) is 6.38. The van der Waals surface area contributed by atoms with Crippen LogP contribution in [-0.2, 0) is 0 Å². The van der Waals surface area contributed by atoms with Crippen LogP contribution in [0.4, 0.5) is 11.4 Å². The van der Waals surface area contributed by atoms with Crippen molar-refractivity contribution in [3.63, 3.8) is 0 Å². The molecule has 8 aromatic rings. The summed E-state index contributed by atoms with van der Waals surface area (Å²) in [5, 5.41) is 9.41. The van der Waals surface area contributed by atoms with Gasteiger partial charge in [-0.05, 0) is 90.7 Å². The molecule has 0 aliphatic heterocycles. The minimum Gasteiger partial charge on any atom is -0.310 e. The average molecular weight is 674 g/mol. The van der Waals surface area contributed by atoms with E-state index in [-0.39, 0.29) is 0 Å². The molecule has 1 aliphatic rings. The molecule has 8 aromatic carbocycles. The van der Waals surface area contributed by atoms with Crippen LogP contribution in [0, 0.1) is 0 Å². The van der Waals surface area contributed by atoms with Gasteiger partial charge in [-0.3, -0.25) is 0 Å². The molecule has 0 amide bonds. The molecule has 1 aliphatic carbocycles. The fraction of sp³-hybridized carbons (Fsp3) is 0. The zero-order valence-electron chi connectivity index (χ0n) is 29.3. The summed E-state index contributed by atoms with van der Waals surface area (Å²) in [5.41, 5.74) is 16.0. The van der Waals surface area contributed by atoms with Crippen LogP contribution >= 0.6 is 0 Å². The predicted octanol–water partition coefficient (Wildman–Crippen LogP) is 12.1. The summed E-state index contributed by atoms with van der Waals surface area (Å²) in [7, 11) is 0. The van der Waals surface area contributed by atoms with E-state index in [1.165, 1.54) is 37.9 Å². The van der Waals surface area contributed by atoms with E-state index in [4.69, 9.17) is 6.58 Å². The highest BCUT2D eigenvalue weighted by Crippen LogP contribution is 2.44. The molecule has 53 heavy (non-hydrogen) atoms. The van der Waals surface area contributed by atoms with Gasteiger partial charge in [0.05, 0.1) is 11.4 Å². The second-order valence-corrected chi connectivity index (χ2v) is 13.3. The Kier molecular flexibility index (Phi) is 8.12. The summed E-state index contributed by atoms with van der Waals surface area (Å²) in [5.74, 6) is 0. The maximum atomic E-state index is 4.75. The summed E-state index contributed by atoms with van der Waals surface area (Å²) in [6, 6.07) is 60.0. The Morgan fingerprint density at radius 3 is 1.91 bits per heavy atom. The topological polar surface area (TPSA) is 3.24 Å². The van der Waals surface area contributed by atoms with E-state index in [0.29, 0.717) is 0 Å². The molecule has 0 fully saturated rings. The predicted molar refractivity (Wildman–Crippen MR) is 227 cm³/mol.